The van der Waals surface area contributed by atoms with E-state index in [1.807, 2.05) is 23.0 Å². The quantitative estimate of drug-likeness (QED) is 0.703. The Morgan fingerprint density at radius 2 is 1.70 bits per heavy atom. The van der Waals surface area contributed by atoms with Gasteiger partial charge in [0, 0.05) is 23.8 Å². The summed E-state index contributed by atoms with van der Waals surface area (Å²) in [5.41, 5.74) is 5.64. The molecule has 4 rings (SSSR count). The lowest BCUT2D eigenvalue weighted by molar-refractivity contribution is 0.681. The molecule has 2 heterocycles. The number of rotatable bonds is 3. The van der Waals surface area contributed by atoms with Crippen molar-refractivity contribution in [2.75, 3.05) is 4.90 Å². The Morgan fingerprint density at radius 1 is 0.913 bits per heavy atom. The van der Waals surface area contributed by atoms with Gasteiger partial charge in [-0.2, -0.15) is 5.10 Å². The molecule has 23 heavy (non-hydrogen) atoms. The zero-order valence-electron chi connectivity index (χ0n) is 12.8. The molecule has 0 amide bonds. The number of allylic oxidation sites excluding steroid dienone is 1. The third kappa shape index (κ3) is 2.46. The van der Waals surface area contributed by atoms with Crippen LogP contribution in [0.3, 0.4) is 0 Å². The van der Waals surface area contributed by atoms with Gasteiger partial charge in [-0.15, -0.1) is 0 Å². The summed E-state index contributed by atoms with van der Waals surface area (Å²) in [6.45, 7) is 5.06. The lowest BCUT2D eigenvalue weighted by Gasteiger charge is -2.33. The van der Waals surface area contributed by atoms with E-state index in [4.69, 9.17) is 0 Å². The number of fused-ring (bicyclic) bond motifs is 1. The average Bonchev–Trinajstić information content (AvgIpc) is 3.09. The molecular weight excluding hydrogens is 282 g/mol. The van der Waals surface area contributed by atoms with Crippen LogP contribution in [0, 0.1) is 0 Å². The Morgan fingerprint density at radius 3 is 2.48 bits per heavy atom. The van der Waals surface area contributed by atoms with Crippen molar-refractivity contribution < 1.29 is 0 Å². The number of anilines is 2. The van der Waals surface area contributed by atoms with Crippen LogP contribution in [0.4, 0.5) is 11.4 Å². The molecule has 0 atom stereocenters. The van der Waals surface area contributed by atoms with Gasteiger partial charge in [0.05, 0.1) is 12.2 Å². The molecule has 0 saturated carbocycles. The Labute approximate surface area is 135 Å². The predicted octanol–water partition coefficient (Wildman–Crippen LogP) is 4.63. The van der Waals surface area contributed by atoms with Crippen LogP contribution in [0.1, 0.15) is 5.56 Å². The normalized spacial score (nSPS) is 13.7. The maximum atomic E-state index is 4.35. The Balaban J connectivity index is 1.81. The summed E-state index contributed by atoms with van der Waals surface area (Å²) in [4.78, 5) is 2.22. The third-order valence-electron chi connectivity index (χ3n) is 4.05. The number of hydrogen-bond donors (Lipinski definition) is 0. The minimum atomic E-state index is 0.712. The molecule has 3 heteroatoms. The molecule has 0 N–H and O–H groups in total. The molecule has 0 bridgehead atoms. The molecule has 0 saturated heterocycles. The van der Waals surface area contributed by atoms with Crippen molar-refractivity contribution >= 4 is 17.5 Å². The van der Waals surface area contributed by atoms with Crippen molar-refractivity contribution in [1.29, 1.82) is 0 Å². The van der Waals surface area contributed by atoms with Gasteiger partial charge in [-0.25, -0.2) is 0 Å². The lowest BCUT2D eigenvalue weighted by atomic mass is 9.99. The van der Waals surface area contributed by atoms with Gasteiger partial charge < -0.3 is 4.90 Å². The fourth-order valence-electron chi connectivity index (χ4n) is 2.95. The van der Waals surface area contributed by atoms with Gasteiger partial charge in [0.15, 0.2) is 0 Å². The summed E-state index contributed by atoms with van der Waals surface area (Å²) >= 11 is 0. The smallest absolute Gasteiger partial charge is 0.0679 e. The first kappa shape index (κ1) is 13.6. The highest BCUT2D eigenvalue weighted by Crippen LogP contribution is 2.39. The van der Waals surface area contributed by atoms with Crippen LogP contribution in [0.15, 0.2) is 90.9 Å². The van der Waals surface area contributed by atoms with Crippen LogP contribution in [0.5, 0.6) is 0 Å². The summed E-state index contributed by atoms with van der Waals surface area (Å²) in [5, 5.41) is 4.31. The first-order valence-corrected chi connectivity index (χ1v) is 7.64. The molecule has 1 aliphatic rings. The van der Waals surface area contributed by atoms with Crippen LogP contribution >= 0.6 is 0 Å². The first-order chi connectivity index (χ1) is 11.3. The molecular formula is C20H17N3. The fourth-order valence-corrected chi connectivity index (χ4v) is 2.95. The molecule has 3 aromatic rings. The van der Waals surface area contributed by atoms with Gasteiger partial charge in [0.2, 0.25) is 0 Å². The molecule has 112 valence electrons. The summed E-state index contributed by atoms with van der Waals surface area (Å²) in [6, 6.07) is 20.7. The van der Waals surface area contributed by atoms with Crippen LogP contribution in [0.2, 0.25) is 0 Å². The van der Waals surface area contributed by atoms with Crippen molar-refractivity contribution in [2.24, 2.45) is 0 Å². The van der Waals surface area contributed by atoms with Crippen LogP contribution in [0.25, 0.3) is 6.08 Å². The zero-order chi connectivity index (χ0) is 15.6. The summed E-state index contributed by atoms with van der Waals surface area (Å²) < 4.78 is 1.92. The number of aromatic nitrogens is 2. The molecule has 3 nitrogen and oxygen atoms in total. The average molecular weight is 299 g/mol. The molecule has 0 aliphatic carbocycles. The Bertz CT molecular complexity index is 861. The van der Waals surface area contributed by atoms with Crippen molar-refractivity contribution in [3.63, 3.8) is 0 Å². The maximum Gasteiger partial charge on any atom is 0.0679 e. The topological polar surface area (TPSA) is 21.1 Å². The van der Waals surface area contributed by atoms with E-state index in [0.717, 1.165) is 22.6 Å². The van der Waals surface area contributed by atoms with Crippen molar-refractivity contribution in [2.45, 2.75) is 6.54 Å². The minimum Gasteiger partial charge on any atom is -0.310 e. The predicted molar refractivity (Wildman–Crippen MR) is 94.4 cm³/mol. The second kappa shape index (κ2) is 5.61. The van der Waals surface area contributed by atoms with Gasteiger partial charge >= 0.3 is 0 Å². The molecule has 0 spiro atoms. The van der Waals surface area contributed by atoms with Crippen molar-refractivity contribution in [3.8, 4) is 0 Å². The summed E-state index contributed by atoms with van der Waals surface area (Å²) in [5.74, 6) is 0. The van der Waals surface area contributed by atoms with Crippen molar-refractivity contribution in [1.82, 2.24) is 9.78 Å². The van der Waals surface area contributed by atoms with E-state index in [-0.39, 0.29) is 0 Å². The van der Waals surface area contributed by atoms with Gasteiger partial charge in [-0.05, 0) is 41.5 Å². The van der Waals surface area contributed by atoms with E-state index in [1.165, 1.54) is 5.56 Å². The van der Waals surface area contributed by atoms with Crippen LogP contribution in [-0.2, 0) is 6.54 Å². The fraction of sp³-hybridized carbons (Fsp3) is 0.0500. The van der Waals surface area contributed by atoms with E-state index in [2.05, 4.69) is 71.2 Å². The molecule has 1 aromatic heterocycles. The summed E-state index contributed by atoms with van der Waals surface area (Å²) in [6.07, 6.45) is 5.98. The molecule has 0 unspecified atom stereocenters. The second-order valence-corrected chi connectivity index (χ2v) is 5.55. The van der Waals surface area contributed by atoms with Gasteiger partial charge in [-0.1, -0.05) is 43.0 Å². The van der Waals surface area contributed by atoms with Crippen LogP contribution < -0.4 is 4.90 Å². The number of nitrogens with zero attached hydrogens (tertiary/aromatic N) is 3. The first-order valence-electron chi connectivity index (χ1n) is 7.64. The largest absolute Gasteiger partial charge is 0.310 e. The maximum absolute atomic E-state index is 4.35. The van der Waals surface area contributed by atoms with Crippen molar-refractivity contribution in [3.05, 3.63) is 96.5 Å². The number of hydrogen-bond acceptors (Lipinski definition) is 2. The highest BCUT2D eigenvalue weighted by atomic mass is 15.3. The monoisotopic (exact) mass is 299 g/mol. The van der Waals surface area contributed by atoms with Gasteiger partial charge in [-0.3, -0.25) is 4.68 Å². The standard InChI is InChI=1S/C20H17N3/c1-16-18(15-22-13-7-12-21-22)14-17-8-5-6-11-20(17)23(16)19-9-3-2-4-10-19/h2-14H,1,15H2. The van der Waals surface area contributed by atoms with E-state index < -0.39 is 0 Å². The van der Waals surface area contributed by atoms with E-state index >= 15 is 0 Å². The molecule has 0 fully saturated rings. The lowest BCUT2D eigenvalue weighted by Crippen LogP contribution is -2.23. The van der Waals surface area contributed by atoms with Gasteiger partial charge in [0.25, 0.3) is 0 Å². The second-order valence-electron chi connectivity index (χ2n) is 5.55. The Kier molecular flexibility index (Phi) is 3.31. The molecule has 1 aliphatic heterocycles. The zero-order valence-corrected chi connectivity index (χ0v) is 12.8. The number of para-hydroxylation sites is 2. The summed E-state index contributed by atoms with van der Waals surface area (Å²) in [7, 11) is 0. The number of benzene rings is 2. The highest BCUT2D eigenvalue weighted by molar-refractivity contribution is 5.84. The SMILES string of the molecule is C=C1C(Cn2cccn2)=Cc2ccccc2N1c1ccccc1. The highest BCUT2D eigenvalue weighted by Gasteiger charge is 2.23. The van der Waals surface area contributed by atoms with Gasteiger partial charge in [0.1, 0.15) is 0 Å². The molecule has 0 radical (unpaired) electrons. The Hall–Kier alpha value is -3.07. The molecule has 2 aromatic carbocycles. The third-order valence-corrected chi connectivity index (χ3v) is 4.05. The van der Waals surface area contributed by atoms with Crippen LogP contribution in [-0.4, -0.2) is 9.78 Å². The van der Waals surface area contributed by atoms with E-state index in [0.29, 0.717) is 6.54 Å². The minimum absolute atomic E-state index is 0.712. The van der Waals surface area contributed by atoms with E-state index in [9.17, 15) is 0 Å². The van der Waals surface area contributed by atoms with E-state index in [1.54, 1.807) is 6.20 Å².